The fourth-order valence-corrected chi connectivity index (χ4v) is 12.6. The summed E-state index contributed by atoms with van der Waals surface area (Å²) in [5.74, 6) is 0. The standard InChI is InChI=1S/C64H70BN3S/c1-37(60(3,4)5)34-46-38(2)66-49-32-26-41(63(12,13)14)35-47(49)53-56(66)52(46)57-55-58(53)68(44-30-24-40(25-31-44)62(9,10)11)59-54(45-20-18-19-21-51(45)69-59)65(55)48-36-42(64(15,16)17)27-33-50(48)67(57)43-28-22-39(23-29-43)61(6,7)8/h18-36H,1-17H3/b37-34+. The summed E-state index contributed by atoms with van der Waals surface area (Å²) < 4.78 is 3.96. The summed E-state index contributed by atoms with van der Waals surface area (Å²) in [5.41, 5.74) is 22.3. The monoisotopic (exact) mass is 924 g/mol. The maximum Gasteiger partial charge on any atom is 0.254 e. The van der Waals surface area contributed by atoms with Gasteiger partial charge in [-0.1, -0.05) is 176 Å². The van der Waals surface area contributed by atoms with Gasteiger partial charge in [0.15, 0.2) is 0 Å². The summed E-state index contributed by atoms with van der Waals surface area (Å²) in [6.07, 6.45) is 2.54. The van der Waals surface area contributed by atoms with Crippen molar-refractivity contribution in [3.05, 3.63) is 148 Å². The third kappa shape index (κ3) is 6.87. The van der Waals surface area contributed by atoms with Crippen molar-refractivity contribution < 1.29 is 0 Å². The minimum atomic E-state index is -0.0521. The first-order valence-corrected chi connectivity index (χ1v) is 26.1. The molecular weight excluding hydrogens is 854 g/mol. The van der Waals surface area contributed by atoms with E-state index in [0.717, 1.165) is 0 Å². The van der Waals surface area contributed by atoms with Crippen molar-refractivity contribution in [1.29, 1.82) is 0 Å². The van der Waals surface area contributed by atoms with E-state index in [4.69, 9.17) is 0 Å². The zero-order valence-corrected chi connectivity index (χ0v) is 45.1. The maximum absolute atomic E-state index is 2.71. The van der Waals surface area contributed by atoms with Gasteiger partial charge >= 0.3 is 0 Å². The lowest BCUT2D eigenvalue weighted by atomic mass is 9.33. The van der Waals surface area contributed by atoms with Gasteiger partial charge in [0.25, 0.3) is 6.71 Å². The second-order valence-corrected chi connectivity index (χ2v) is 26.7. The molecule has 9 aromatic rings. The molecule has 0 amide bonds. The first kappa shape index (κ1) is 45.7. The van der Waals surface area contributed by atoms with Crippen molar-refractivity contribution >= 4 is 111 Å². The van der Waals surface area contributed by atoms with Crippen LogP contribution in [0.2, 0.25) is 0 Å². The zero-order chi connectivity index (χ0) is 49.2. The second-order valence-electron chi connectivity index (χ2n) is 25.6. The summed E-state index contributed by atoms with van der Waals surface area (Å²) in [7, 11) is 0. The molecule has 69 heavy (non-hydrogen) atoms. The van der Waals surface area contributed by atoms with Crippen molar-refractivity contribution in [2.45, 2.75) is 139 Å². The van der Waals surface area contributed by atoms with Crippen molar-refractivity contribution in [2.24, 2.45) is 5.41 Å². The molecule has 3 nitrogen and oxygen atoms in total. The van der Waals surface area contributed by atoms with Crippen LogP contribution in [-0.2, 0) is 21.7 Å². The molecule has 11 rings (SSSR count). The molecule has 0 N–H and O–H groups in total. The summed E-state index contributed by atoms with van der Waals surface area (Å²) in [6, 6.07) is 43.2. The van der Waals surface area contributed by atoms with Crippen LogP contribution in [0.25, 0.3) is 43.4 Å². The first-order valence-electron chi connectivity index (χ1n) is 25.3. The van der Waals surface area contributed by atoms with E-state index in [9.17, 15) is 0 Å². The Morgan fingerprint density at radius 3 is 1.64 bits per heavy atom. The highest BCUT2D eigenvalue weighted by molar-refractivity contribution is 7.26. The highest BCUT2D eigenvalue weighted by Crippen LogP contribution is 2.56. The Labute approximate surface area is 416 Å². The number of aryl methyl sites for hydroxylation is 1. The average Bonchev–Trinajstić information content (AvgIpc) is 3.91. The number of anilines is 6. The molecule has 2 aliphatic heterocycles. The van der Waals surface area contributed by atoms with E-state index < -0.39 is 0 Å². The molecular formula is C64H70BN3S. The Bertz CT molecular complexity index is 3580. The molecule has 0 atom stereocenters. The number of benzene rings is 6. The number of rotatable bonds is 3. The van der Waals surface area contributed by atoms with E-state index in [2.05, 4.69) is 247 Å². The molecule has 0 unspecified atom stereocenters. The molecule has 0 aliphatic carbocycles. The Morgan fingerprint density at radius 2 is 1.06 bits per heavy atom. The fourth-order valence-electron chi connectivity index (χ4n) is 11.3. The Kier molecular flexibility index (Phi) is 9.84. The average molecular weight is 924 g/mol. The number of hydrogen-bond donors (Lipinski definition) is 0. The fraction of sp³-hybridized carbons (Fsp3) is 0.344. The van der Waals surface area contributed by atoms with Crippen LogP contribution < -0.4 is 26.2 Å². The normalized spacial score (nSPS) is 14.7. The molecule has 0 saturated carbocycles. The number of nitrogens with zero attached hydrogens (tertiary/aromatic N) is 3. The topological polar surface area (TPSA) is 10.9 Å². The molecule has 350 valence electrons. The molecule has 3 aromatic heterocycles. The molecule has 0 bridgehead atoms. The first-order chi connectivity index (χ1) is 32.2. The summed E-state index contributed by atoms with van der Waals surface area (Å²) in [4.78, 5) is 5.39. The van der Waals surface area contributed by atoms with Gasteiger partial charge in [-0.25, -0.2) is 0 Å². The van der Waals surface area contributed by atoms with Gasteiger partial charge in [-0.3, -0.25) is 0 Å². The lowest BCUT2D eigenvalue weighted by Crippen LogP contribution is -2.61. The van der Waals surface area contributed by atoms with Crippen molar-refractivity contribution in [3.63, 3.8) is 0 Å². The molecule has 2 aliphatic rings. The zero-order valence-electron chi connectivity index (χ0n) is 44.3. The number of aromatic nitrogens is 1. The van der Waals surface area contributed by atoms with Crippen LogP contribution in [-0.4, -0.2) is 11.1 Å². The van der Waals surface area contributed by atoms with Crippen LogP contribution in [0.3, 0.4) is 0 Å². The molecule has 5 heteroatoms. The number of hydrogen-bond acceptors (Lipinski definition) is 3. The van der Waals surface area contributed by atoms with Gasteiger partial charge in [-0.2, -0.15) is 0 Å². The van der Waals surface area contributed by atoms with E-state index in [1.807, 2.05) is 11.3 Å². The highest BCUT2D eigenvalue weighted by atomic mass is 32.1. The van der Waals surface area contributed by atoms with Crippen molar-refractivity contribution in [1.82, 2.24) is 4.40 Å². The minimum absolute atomic E-state index is 0.0136. The Morgan fingerprint density at radius 1 is 0.536 bits per heavy atom. The predicted molar refractivity (Wildman–Crippen MR) is 306 cm³/mol. The second kappa shape index (κ2) is 14.9. The third-order valence-electron chi connectivity index (χ3n) is 15.9. The van der Waals surface area contributed by atoms with Crippen LogP contribution in [0.4, 0.5) is 33.4 Å². The number of thiophene rings is 1. The van der Waals surface area contributed by atoms with E-state index in [-0.39, 0.29) is 33.8 Å². The van der Waals surface area contributed by atoms with Gasteiger partial charge in [-0.15, -0.1) is 11.3 Å². The van der Waals surface area contributed by atoms with Gasteiger partial charge in [0.2, 0.25) is 0 Å². The van der Waals surface area contributed by atoms with Crippen molar-refractivity contribution in [2.75, 3.05) is 9.80 Å². The van der Waals surface area contributed by atoms with Gasteiger partial charge in [0.1, 0.15) is 0 Å². The summed E-state index contributed by atoms with van der Waals surface area (Å²) >= 11 is 1.96. The molecule has 5 heterocycles. The smallest absolute Gasteiger partial charge is 0.254 e. The minimum Gasteiger partial charge on any atom is -0.312 e. The molecule has 0 saturated heterocycles. The van der Waals surface area contributed by atoms with E-state index >= 15 is 0 Å². The van der Waals surface area contributed by atoms with Gasteiger partial charge < -0.3 is 14.2 Å². The number of fused-ring (bicyclic) bond motifs is 11. The summed E-state index contributed by atoms with van der Waals surface area (Å²) in [6.45, 7) is 39.8. The van der Waals surface area contributed by atoms with Crippen LogP contribution in [0, 0.1) is 12.3 Å². The Hall–Kier alpha value is -5.78. The maximum atomic E-state index is 2.71. The lowest BCUT2D eigenvalue weighted by molar-refractivity contribution is 0.508. The Balaban J connectivity index is 1.43. The SMILES string of the molecule is C/C(=C\c1c(C)n2c3ccc(C(C)(C)C)cc3c3c4c5c(c1c32)N(c1ccc(C(C)(C)C)cc1)c1ccc(C(C)(C)C)cc1B5c1c(sc2ccccc12)N4c1ccc(C(C)(C)C)cc1)C(C)(C)C. The van der Waals surface area contributed by atoms with E-state index in [1.54, 1.807) is 0 Å². The molecule has 6 aromatic carbocycles. The largest absolute Gasteiger partial charge is 0.312 e. The van der Waals surface area contributed by atoms with Crippen LogP contribution in [0.15, 0.2) is 115 Å². The highest BCUT2D eigenvalue weighted by Gasteiger charge is 2.49. The van der Waals surface area contributed by atoms with Crippen molar-refractivity contribution in [3.8, 4) is 0 Å². The van der Waals surface area contributed by atoms with Crippen LogP contribution in [0.1, 0.15) is 144 Å². The van der Waals surface area contributed by atoms with Gasteiger partial charge in [0, 0.05) is 49.2 Å². The van der Waals surface area contributed by atoms with E-state index in [1.165, 1.54) is 126 Å². The third-order valence-corrected chi connectivity index (χ3v) is 17.0. The van der Waals surface area contributed by atoms with Gasteiger partial charge in [-0.05, 0) is 133 Å². The molecule has 0 spiro atoms. The van der Waals surface area contributed by atoms with Crippen LogP contribution >= 0.6 is 11.3 Å². The molecule has 0 radical (unpaired) electrons. The predicted octanol–water partition coefficient (Wildman–Crippen LogP) is 16.9. The number of allylic oxidation sites excluding steroid dienone is 1. The van der Waals surface area contributed by atoms with Crippen LogP contribution in [0.5, 0.6) is 0 Å². The summed E-state index contributed by atoms with van der Waals surface area (Å²) in [5, 5.41) is 6.65. The quantitative estimate of drug-likeness (QED) is 0.164. The van der Waals surface area contributed by atoms with E-state index in [0.29, 0.717) is 0 Å². The lowest BCUT2D eigenvalue weighted by Gasteiger charge is -2.44. The van der Waals surface area contributed by atoms with Gasteiger partial charge in [0.05, 0.1) is 27.4 Å². The molecule has 0 fully saturated rings.